The zero-order chi connectivity index (χ0) is 15.3. The van der Waals surface area contributed by atoms with Crippen LogP contribution in [0.3, 0.4) is 0 Å². The van der Waals surface area contributed by atoms with Crippen molar-refractivity contribution in [1.82, 2.24) is 14.8 Å². The van der Waals surface area contributed by atoms with Gasteiger partial charge in [0, 0.05) is 17.6 Å². The van der Waals surface area contributed by atoms with Crippen molar-refractivity contribution >= 4 is 21.8 Å². The Kier molecular flexibility index (Phi) is 3.04. The summed E-state index contributed by atoms with van der Waals surface area (Å²) < 4.78 is 1.88. The van der Waals surface area contributed by atoms with E-state index in [1.807, 2.05) is 11.5 Å². The van der Waals surface area contributed by atoms with Crippen molar-refractivity contribution in [2.45, 2.75) is 39.2 Å². The highest BCUT2D eigenvalue weighted by atomic mass is 16.1. The molecular weight excluding hydrogens is 276 g/mol. The highest BCUT2D eigenvalue weighted by Crippen LogP contribution is 2.30. The molecule has 114 valence electrons. The second kappa shape index (κ2) is 4.95. The summed E-state index contributed by atoms with van der Waals surface area (Å²) in [5.41, 5.74) is 11.1. The molecule has 3 aromatic rings. The standard InChI is InChI=1S/C17H20N4O/c1-10-15-16(20-19-10)13-8-11-4-2-5-12(11)9-14(13)21(17(15)22)7-3-6-18/h8-9H,2-7,18H2,1H3,(H,19,20). The van der Waals surface area contributed by atoms with Gasteiger partial charge in [-0.25, -0.2) is 0 Å². The molecule has 0 bridgehead atoms. The number of pyridine rings is 1. The molecule has 0 unspecified atom stereocenters. The van der Waals surface area contributed by atoms with Crippen molar-refractivity contribution in [3.05, 3.63) is 39.3 Å². The van der Waals surface area contributed by atoms with Gasteiger partial charge in [-0.15, -0.1) is 0 Å². The highest BCUT2D eigenvalue weighted by Gasteiger charge is 2.19. The van der Waals surface area contributed by atoms with Crippen LogP contribution in [0, 0.1) is 6.92 Å². The lowest BCUT2D eigenvalue weighted by atomic mass is 10.0. The van der Waals surface area contributed by atoms with Gasteiger partial charge in [-0.2, -0.15) is 5.10 Å². The van der Waals surface area contributed by atoms with E-state index in [9.17, 15) is 4.79 Å². The van der Waals surface area contributed by atoms with Crippen LogP contribution < -0.4 is 11.3 Å². The number of nitrogens with zero attached hydrogens (tertiary/aromatic N) is 2. The van der Waals surface area contributed by atoms with E-state index >= 15 is 0 Å². The molecule has 0 spiro atoms. The lowest BCUT2D eigenvalue weighted by Gasteiger charge is -2.12. The van der Waals surface area contributed by atoms with E-state index in [2.05, 4.69) is 22.3 Å². The molecule has 0 atom stereocenters. The van der Waals surface area contributed by atoms with Gasteiger partial charge in [0.05, 0.1) is 10.9 Å². The molecule has 0 radical (unpaired) electrons. The van der Waals surface area contributed by atoms with Crippen LogP contribution >= 0.6 is 0 Å². The first kappa shape index (κ1) is 13.5. The monoisotopic (exact) mass is 296 g/mol. The third kappa shape index (κ3) is 1.82. The minimum Gasteiger partial charge on any atom is -0.330 e. The molecule has 0 fully saturated rings. The van der Waals surface area contributed by atoms with E-state index in [4.69, 9.17) is 5.73 Å². The molecule has 1 aliphatic carbocycles. The lowest BCUT2D eigenvalue weighted by Crippen LogP contribution is -2.22. The Morgan fingerprint density at radius 3 is 2.86 bits per heavy atom. The number of hydrogen-bond acceptors (Lipinski definition) is 3. The van der Waals surface area contributed by atoms with E-state index in [0.29, 0.717) is 18.5 Å². The second-order valence-electron chi connectivity index (χ2n) is 6.16. The van der Waals surface area contributed by atoms with Gasteiger partial charge in [0.1, 0.15) is 5.52 Å². The van der Waals surface area contributed by atoms with Crippen molar-refractivity contribution in [3.8, 4) is 0 Å². The molecule has 0 amide bonds. The molecule has 2 aromatic heterocycles. The van der Waals surface area contributed by atoms with E-state index in [0.717, 1.165) is 41.4 Å². The zero-order valence-corrected chi connectivity index (χ0v) is 12.8. The number of aromatic amines is 1. The molecule has 5 heteroatoms. The van der Waals surface area contributed by atoms with Crippen LogP contribution in [0.1, 0.15) is 29.7 Å². The van der Waals surface area contributed by atoms with Gasteiger partial charge in [0.15, 0.2) is 0 Å². The topological polar surface area (TPSA) is 76.7 Å². The van der Waals surface area contributed by atoms with Crippen LogP contribution in [0.25, 0.3) is 21.8 Å². The van der Waals surface area contributed by atoms with Crippen LogP contribution in [-0.2, 0) is 19.4 Å². The fourth-order valence-electron chi connectivity index (χ4n) is 3.63. The Morgan fingerprint density at radius 1 is 1.32 bits per heavy atom. The summed E-state index contributed by atoms with van der Waals surface area (Å²) in [5, 5.41) is 9.15. The van der Waals surface area contributed by atoms with Gasteiger partial charge >= 0.3 is 0 Å². The number of fused-ring (bicyclic) bond motifs is 4. The number of hydrogen-bond donors (Lipinski definition) is 2. The second-order valence-corrected chi connectivity index (χ2v) is 6.16. The zero-order valence-electron chi connectivity index (χ0n) is 12.8. The maximum Gasteiger partial charge on any atom is 0.262 e. The molecule has 0 saturated carbocycles. The summed E-state index contributed by atoms with van der Waals surface area (Å²) >= 11 is 0. The quantitative estimate of drug-likeness (QED) is 0.776. The van der Waals surface area contributed by atoms with Crippen LogP contribution in [0.5, 0.6) is 0 Å². The van der Waals surface area contributed by atoms with Gasteiger partial charge in [0.25, 0.3) is 5.56 Å². The molecule has 2 heterocycles. The summed E-state index contributed by atoms with van der Waals surface area (Å²) in [6.07, 6.45) is 4.22. The normalized spacial score (nSPS) is 14.1. The van der Waals surface area contributed by atoms with Gasteiger partial charge in [-0.05, 0) is 62.4 Å². The van der Waals surface area contributed by atoms with Crippen LogP contribution in [0.2, 0.25) is 0 Å². The fraction of sp³-hybridized carbons (Fsp3) is 0.412. The minimum atomic E-state index is 0.0418. The first-order valence-corrected chi connectivity index (χ1v) is 7.93. The Morgan fingerprint density at radius 2 is 2.09 bits per heavy atom. The first-order valence-electron chi connectivity index (χ1n) is 7.93. The Balaban J connectivity index is 2.14. The molecule has 5 nitrogen and oxygen atoms in total. The minimum absolute atomic E-state index is 0.0418. The summed E-state index contributed by atoms with van der Waals surface area (Å²) in [6, 6.07) is 4.43. The third-order valence-electron chi connectivity index (χ3n) is 4.75. The number of rotatable bonds is 3. The lowest BCUT2D eigenvalue weighted by molar-refractivity contribution is 0.653. The molecule has 3 N–H and O–H groups in total. The summed E-state index contributed by atoms with van der Waals surface area (Å²) in [6.45, 7) is 3.15. The molecule has 1 aromatic carbocycles. The predicted molar refractivity (Wildman–Crippen MR) is 88.3 cm³/mol. The maximum atomic E-state index is 12.9. The Bertz CT molecular complexity index is 935. The SMILES string of the molecule is Cc1[nH]nc2c1c(=O)n(CCCN)c1cc3c(cc21)CCC3. The average molecular weight is 296 g/mol. The van der Waals surface area contributed by atoms with Crippen molar-refractivity contribution in [2.75, 3.05) is 6.54 Å². The fourth-order valence-corrected chi connectivity index (χ4v) is 3.63. The molecule has 22 heavy (non-hydrogen) atoms. The van der Waals surface area contributed by atoms with Crippen molar-refractivity contribution in [3.63, 3.8) is 0 Å². The van der Waals surface area contributed by atoms with Gasteiger partial charge in [0.2, 0.25) is 0 Å². The molecule has 4 rings (SSSR count). The van der Waals surface area contributed by atoms with E-state index in [1.54, 1.807) is 0 Å². The van der Waals surface area contributed by atoms with E-state index in [-0.39, 0.29) is 5.56 Å². The van der Waals surface area contributed by atoms with Crippen LogP contribution in [0.15, 0.2) is 16.9 Å². The maximum absolute atomic E-state index is 12.9. The number of aromatic nitrogens is 3. The number of nitrogens with two attached hydrogens (primary N) is 1. The molecular formula is C17H20N4O. The average Bonchev–Trinajstić information content (AvgIpc) is 3.11. The Hall–Kier alpha value is -2.14. The Labute approximate surface area is 128 Å². The number of aryl methyl sites for hydroxylation is 4. The predicted octanol–water partition coefficient (Wildman–Crippen LogP) is 2.02. The number of benzene rings is 1. The highest BCUT2D eigenvalue weighted by molar-refractivity contribution is 6.04. The van der Waals surface area contributed by atoms with Crippen molar-refractivity contribution < 1.29 is 0 Å². The largest absolute Gasteiger partial charge is 0.330 e. The number of nitrogens with one attached hydrogen (secondary N) is 1. The van der Waals surface area contributed by atoms with Gasteiger partial charge < -0.3 is 10.3 Å². The van der Waals surface area contributed by atoms with Crippen molar-refractivity contribution in [1.29, 1.82) is 0 Å². The number of H-pyrrole nitrogens is 1. The van der Waals surface area contributed by atoms with Crippen molar-refractivity contribution in [2.24, 2.45) is 5.73 Å². The summed E-state index contributed by atoms with van der Waals surface area (Å²) in [5.74, 6) is 0. The third-order valence-corrected chi connectivity index (χ3v) is 4.75. The first-order chi connectivity index (χ1) is 10.7. The molecule has 1 aliphatic rings. The van der Waals surface area contributed by atoms with Gasteiger partial charge in [-0.1, -0.05) is 0 Å². The van der Waals surface area contributed by atoms with E-state index in [1.165, 1.54) is 17.5 Å². The molecule has 0 aliphatic heterocycles. The van der Waals surface area contributed by atoms with E-state index < -0.39 is 0 Å². The summed E-state index contributed by atoms with van der Waals surface area (Å²) in [7, 11) is 0. The molecule has 0 saturated heterocycles. The smallest absolute Gasteiger partial charge is 0.262 e. The summed E-state index contributed by atoms with van der Waals surface area (Å²) in [4.78, 5) is 12.9. The van der Waals surface area contributed by atoms with Crippen LogP contribution in [0.4, 0.5) is 0 Å². The van der Waals surface area contributed by atoms with Crippen LogP contribution in [-0.4, -0.2) is 21.3 Å². The van der Waals surface area contributed by atoms with Gasteiger partial charge in [-0.3, -0.25) is 9.89 Å².